The van der Waals surface area contributed by atoms with Crippen LogP contribution in [0.15, 0.2) is 17.1 Å². The number of alkyl halides is 1. The number of nitrogens with zero attached hydrogens (tertiary/aromatic N) is 3. The Morgan fingerprint density at radius 1 is 1.30 bits per heavy atom. The molecule has 0 aromatic carbocycles. The molecule has 0 aliphatic carbocycles. The number of amides is 2. The maximum Gasteiger partial charge on any atom is 0.275 e. The maximum atomic E-state index is 13.5. The van der Waals surface area contributed by atoms with Gasteiger partial charge in [-0.2, -0.15) is 0 Å². The molecular formula is C13H20FN3O3. The molecule has 0 bridgehead atoms. The second-order valence-corrected chi connectivity index (χ2v) is 5.15. The summed E-state index contributed by atoms with van der Waals surface area (Å²) in [6, 6.07) is 0. The summed E-state index contributed by atoms with van der Waals surface area (Å²) in [4.78, 5) is 30.0. The topological polar surface area (TPSA) is 66.7 Å². The number of aromatic nitrogens is 1. The van der Waals surface area contributed by atoms with Gasteiger partial charge in [0, 0.05) is 27.2 Å². The second-order valence-electron chi connectivity index (χ2n) is 5.15. The van der Waals surface area contributed by atoms with Crippen LogP contribution in [0.25, 0.3) is 0 Å². The number of carbonyl (C=O) groups is 2. The zero-order valence-corrected chi connectivity index (χ0v) is 12.2. The summed E-state index contributed by atoms with van der Waals surface area (Å²) in [6.45, 7) is 3.27. The van der Waals surface area contributed by atoms with E-state index in [2.05, 4.69) is 4.98 Å². The van der Waals surface area contributed by atoms with Crippen molar-refractivity contribution in [3.8, 4) is 0 Å². The molecule has 0 unspecified atom stereocenters. The number of carbonyl (C=O) groups excluding carboxylic acids is 2. The van der Waals surface area contributed by atoms with Crippen LogP contribution in [0.1, 0.15) is 30.8 Å². The maximum absolute atomic E-state index is 13.5. The van der Waals surface area contributed by atoms with E-state index in [0.717, 1.165) is 0 Å². The van der Waals surface area contributed by atoms with Gasteiger partial charge in [0.15, 0.2) is 17.8 Å². The molecule has 20 heavy (non-hydrogen) atoms. The Bertz CT molecular complexity index is 454. The minimum atomic E-state index is -1.88. The largest absolute Gasteiger partial charge is 0.451 e. The predicted molar refractivity (Wildman–Crippen MR) is 70.9 cm³/mol. The van der Waals surface area contributed by atoms with E-state index in [9.17, 15) is 14.0 Å². The standard InChI is InChI=1S/C13H20FN3O3/c1-13(2,14)12(19)17(4)7-5-6-16(3)11(18)10-8-20-9-15-10/h8-9H,5-7H2,1-4H3. The van der Waals surface area contributed by atoms with Gasteiger partial charge >= 0.3 is 0 Å². The molecule has 0 radical (unpaired) electrons. The Morgan fingerprint density at radius 3 is 2.40 bits per heavy atom. The third kappa shape index (κ3) is 4.32. The lowest BCUT2D eigenvalue weighted by molar-refractivity contribution is -0.140. The molecule has 0 aliphatic rings. The summed E-state index contributed by atoms with van der Waals surface area (Å²) in [5.74, 6) is -0.818. The highest BCUT2D eigenvalue weighted by molar-refractivity contribution is 5.91. The predicted octanol–water partition coefficient (Wildman–Crippen LogP) is 1.34. The van der Waals surface area contributed by atoms with Gasteiger partial charge in [0.25, 0.3) is 11.8 Å². The number of rotatable bonds is 6. The highest BCUT2D eigenvalue weighted by atomic mass is 19.1. The third-order valence-corrected chi connectivity index (χ3v) is 2.84. The average Bonchev–Trinajstić information content (AvgIpc) is 2.89. The van der Waals surface area contributed by atoms with Crippen molar-refractivity contribution in [1.29, 1.82) is 0 Å². The molecule has 7 heteroatoms. The van der Waals surface area contributed by atoms with Crippen molar-refractivity contribution < 1.29 is 18.4 Å². The van der Waals surface area contributed by atoms with Crippen LogP contribution in [0, 0.1) is 0 Å². The van der Waals surface area contributed by atoms with E-state index < -0.39 is 11.6 Å². The van der Waals surface area contributed by atoms with Crippen LogP contribution in [0.3, 0.4) is 0 Å². The first-order valence-electron chi connectivity index (χ1n) is 6.31. The highest BCUT2D eigenvalue weighted by Crippen LogP contribution is 2.12. The summed E-state index contributed by atoms with van der Waals surface area (Å²) in [7, 11) is 3.18. The quantitative estimate of drug-likeness (QED) is 0.791. The SMILES string of the molecule is CN(CCCN(C)C(=O)C(C)(C)F)C(=O)c1cocn1. The van der Waals surface area contributed by atoms with Crippen molar-refractivity contribution in [1.82, 2.24) is 14.8 Å². The summed E-state index contributed by atoms with van der Waals surface area (Å²) >= 11 is 0. The molecule has 6 nitrogen and oxygen atoms in total. The molecule has 0 saturated heterocycles. The lowest BCUT2D eigenvalue weighted by atomic mass is 10.1. The van der Waals surface area contributed by atoms with Crippen LogP contribution in [0.5, 0.6) is 0 Å². The van der Waals surface area contributed by atoms with Gasteiger partial charge in [-0.1, -0.05) is 0 Å². The Balaban J connectivity index is 2.37. The smallest absolute Gasteiger partial charge is 0.275 e. The fourth-order valence-corrected chi connectivity index (χ4v) is 1.72. The molecule has 2 amide bonds. The first kappa shape index (κ1) is 16.1. The normalized spacial score (nSPS) is 11.2. The Morgan fingerprint density at radius 2 is 1.90 bits per heavy atom. The minimum Gasteiger partial charge on any atom is -0.451 e. The van der Waals surface area contributed by atoms with E-state index in [4.69, 9.17) is 4.42 Å². The fraction of sp³-hybridized carbons (Fsp3) is 0.615. The molecule has 0 N–H and O–H groups in total. The van der Waals surface area contributed by atoms with Crippen LogP contribution in [-0.2, 0) is 4.79 Å². The van der Waals surface area contributed by atoms with Gasteiger partial charge in [-0.15, -0.1) is 0 Å². The van der Waals surface area contributed by atoms with Gasteiger partial charge in [0.2, 0.25) is 0 Å². The van der Waals surface area contributed by atoms with E-state index in [1.807, 2.05) is 0 Å². The molecule has 1 aromatic rings. The van der Waals surface area contributed by atoms with Crippen molar-refractivity contribution in [2.45, 2.75) is 25.9 Å². The van der Waals surface area contributed by atoms with Gasteiger partial charge in [-0.05, 0) is 20.3 Å². The molecule has 0 atom stereocenters. The van der Waals surface area contributed by atoms with Crippen molar-refractivity contribution in [3.05, 3.63) is 18.4 Å². The van der Waals surface area contributed by atoms with Gasteiger partial charge in [-0.25, -0.2) is 9.37 Å². The lowest BCUT2D eigenvalue weighted by Gasteiger charge is -2.24. The van der Waals surface area contributed by atoms with Gasteiger partial charge in [0.05, 0.1) is 0 Å². The summed E-state index contributed by atoms with van der Waals surface area (Å²) < 4.78 is 18.2. The molecule has 0 spiro atoms. The monoisotopic (exact) mass is 285 g/mol. The average molecular weight is 285 g/mol. The molecule has 0 saturated carbocycles. The van der Waals surface area contributed by atoms with Gasteiger partial charge in [-0.3, -0.25) is 9.59 Å². The Kier molecular flexibility index (Phi) is 5.24. The van der Waals surface area contributed by atoms with Crippen molar-refractivity contribution in [2.75, 3.05) is 27.2 Å². The van der Waals surface area contributed by atoms with Crippen molar-refractivity contribution in [3.63, 3.8) is 0 Å². The van der Waals surface area contributed by atoms with Crippen LogP contribution in [0.2, 0.25) is 0 Å². The molecule has 112 valence electrons. The molecular weight excluding hydrogens is 265 g/mol. The highest BCUT2D eigenvalue weighted by Gasteiger charge is 2.29. The molecule has 1 heterocycles. The van der Waals surface area contributed by atoms with E-state index in [1.54, 1.807) is 14.1 Å². The van der Waals surface area contributed by atoms with E-state index in [-0.39, 0.29) is 11.6 Å². The summed E-state index contributed by atoms with van der Waals surface area (Å²) in [6.07, 6.45) is 3.02. The minimum absolute atomic E-state index is 0.238. The van der Waals surface area contributed by atoms with Crippen LogP contribution in [-0.4, -0.2) is 59.5 Å². The van der Waals surface area contributed by atoms with Crippen LogP contribution < -0.4 is 0 Å². The van der Waals surface area contributed by atoms with E-state index >= 15 is 0 Å². The molecule has 0 fully saturated rings. The lowest BCUT2D eigenvalue weighted by Crippen LogP contribution is -2.41. The van der Waals surface area contributed by atoms with E-state index in [0.29, 0.717) is 19.5 Å². The first-order chi connectivity index (χ1) is 9.23. The second kappa shape index (κ2) is 6.49. The summed E-state index contributed by atoms with van der Waals surface area (Å²) in [5, 5.41) is 0. The zero-order valence-electron chi connectivity index (χ0n) is 12.2. The van der Waals surface area contributed by atoms with Crippen molar-refractivity contribution in [2.24, 2.45) is 0 Å². The third-order valence-electron chi connectivity index (χ3n) is 2.84. The first-order valence-corrected chi connectivity index (χ1v) is 6.31. The Hall–Kier alpha value is -1.92. The van der Waals surface area contributed by atoms with E-state index in [1.165, 1.54) is 36.3 Å². The van der Waals surface area contributed by atoms with Crippen LogP contribution in [0.4, 0.5) is 4.39 Å². The number of halogens is 1. The van der Waals surface area contributed by atoms with Gasteiger partial charge in [0.1, 0.15) is 6.26 Å². The molecule has 1 rings (SSSR count). The van der Waals surface area contributed by atoms with Crippen LogP contribution >= 0.6 is 0 Å². The number of oxazole rings is 1. The number of hydrogen-bond acceptors (Lipinski definition) is 4. The Labute approximate surface area is 117 Å². The molecule has 0 aliphatic heterocycles. The zero-order chi connectivity index (χ0) is 15.3. The van der Waals surface area contributed by atoms with Crippen molar-refractivity contribution >= 4 is 11.8 Å². The fourth-order valence-electron chi connectivity index (χ4n) is 1.72. The molecule has 1 aromatic heterocycles. The number of hydrogen-bond donors (Lipinski definition) is 0. The van der Waals surface area contributed by atoms with Gasteiger partial charge < -0.3 is 14.2 Å². The summed E-state index contributed by atoms with van der Waals surface area (Å²) in [5.41, 5.74) is -1.64.